The molecule has 8 N–H and O–H groups in total. The van der Waals surface area contributed by atoms with Gasteiger partial charge in [-0.3, -0.25) is 4.99 Å². The molecule has 8 nitrogen and oxygen atoms in total. The van der Waals surface area contributed by atoms with Gasteiger partial charge in [0.15, 0.2) is 5.96 Å². The van der Waals surface area contributed by atoms with Crippen LogP contribution in [-0.4, -0.2) is 61.1 Å². The fraction of sp³-hybridized carbons (Fsp3) is 0.510. The fourth-order valence-electron chi connectivity index (χ4n) is 14.8. The number of aliphatic hydroxyl groups is 3. The van der Waals surface area contributed by atoms with E-state index in [2.05, 4.69) is 100.0 Å². The molecule has 11 rings (SSSR count). The molecular weight excluding hydrogens is 731 g/mol. The van der Waals surface area contributed by atoms with Crippen LogP contribution < -0.4 is 11.1 Å². The topological polar surface area (TPSA) is 143 Å². The van der Waals surface area contributed by atoms with Gasteiger partial charge in [-0.15, -0.1) is 0 Å². The van der Waals surface area contributed by atoms with Gasteiger partial charge in [0.2, 0.25) is 0 Å². The smallest absolute Gasteiger partial charge is 0.189 e. The lowest BCUT2D eigenvalue weighted by Crippen LogP contribution is -2.59. The number of nitrogens with zero attached hydrogens (tertiary/aromatic N) is 1. The number of fused-ring (bicyclic) bond motifs is 2. The molecule has 2 spiro atoms. The predicted molar refractivity (Wildman–Crippen MR) is 232 cm³/mol. The van der Waals surface area contributed by atoms with Crippen molar-refractivity contribution in [3.8, 4) is 11.8 Å². The van der Waals surface area contributed by atoms with Crippen LogP contribution in [0.15, 0.2) is 108 Å². The Kier molecular flexibility index (Phi) is 8.89. The zero-order valence-corrected chi connectivity index (χ0v) is 34.0. The standard InChI is InChI=1S/C51H59N5O3/c52-47(54-23-19-32-8-2-1-3-9-32)56-38-15-14-35-29-48(21-18-33(28-48)24-37-11-7-22-53-37)30-36(26-39-25-34-10-4-5-13-44(34)55-39)51(35)41-12-6-20-49(58)40(41)16-17-42(51)46-43(49)27-45(57)50(46,59)31-38/h1-13,22,25,30,33,35,38,40-43,45-46,53,55,57-59H,16-21,23-24,26-29,31H2,(H3,52,54,56)/t33-,35+,38+,40+,41+,42+,43+,45+,46+,48+,49+,50+,51+/m1/s1. The molecule has 0 radical (unpaired) electrons. The Balaban J connectivity index is 1.06. The number of H-pyrrole nitrogens is 2. The summed E-state index contributed by atoms with van der Waals surface area (Å²) in [5, 5.41) is 43.4. The molecule has 4 aromatic rings. The number of aromatic nitrogens is 2. The van der Waals surface area contributed by atoms with E-state index in [-0.39, 0.29) is 47.3 Å². The average molecular weight is 790 g/mol. The molecule has 8 heteroatoms. The van der Waals surface area contributed by atoms with Crippen LogP contribution in [0, 0.1) is 64.1 Å². The highest BCUT2D eigenvalue weighted by Crippen LogP contribution is 2.75. The van der Waals surface area contributed by atoms with Gasteiger partial charge in [0.25, 0.3) is 0 Å². The first-order chi connectivity index (χ1) is 28.7. The lowest BCUT2D eigenvalue weighted by molar-refractivity contribution is -0.133. The second-order valence-corrected chi connectivity index (χ2v) is 19.8. The van der Waals surface area contributed by atoms with Crippen molar-refractivity contribution in [2.45, 2.75) is 100 Å². The molecule has 13 atom stereocenters. The summed E-state index contributed by atoms with van der Waals surface area (Å²) in [4.78, 5) is 12.0. The minimum atomic E-state index is -1.47. The predicted octanol–water partition coefficient (Wildman–Crippen LogP) is 7.00. The second kappa shape index (κ2) is 14.0. The lowest BCUT2D eigenvalue weighted by Gasteiger charge is -2.61. The summed E-state index contributed by atoms with van der Waals surface area (Å²) in [5.74, 6) is 8.23. The Morgan fingerprint density at radius 1 is 0.898 bits per heavy atom. The van der Waals surface area contributed by atoms with Crippen molar-refractivity contribution in [3.63, 3.8) is 0 Å². The molecule has 4 fully saturated rings. The van der Waals surface area contributed by atoms with Crippen molar-refractivity contribution in [2.24, 2.45) is 63.0 Å². The van der Waals surface area contributed by atoms with Gasteiger partial charge in [-0.2, -0.15) is 0 Å². The summed E-state index contributed by atoms with van der Waals surface area (Å²) in [7, 11) is 0. The number of nitrogens with one attached hydrogen (secondary N) is 3. The highest BCUT2D eigenvalue weighted by Gasteiger charge is 2.75. The van der Waals surface area contributed by atoms with Gasteiger partial charge in [0.05, 0.1) is 23.3 Å². The Labute approximate surface area is 347 Å². The van der Waals surface area contributed by atoms with E-state index in [0.29, 0.717) is 31.3 Å². The van der Waals surface area contributed by atoms with Gasteiger partial charge in [0.1, 0.15) is 0 Å². The maximum absolute atomic E-state index is 13.3. The van der Waals surface area contributed by atoms with Crippen molar-refractivity contribution in [1.82, 2.24) is 15.3 Å². The van der Waals surface area contributed by atoms with E-state index in [4.69, 9.17) is 10.7 Å². The molecule has 0 saturated heterocycles. The molecule has 0 amide bonds. The first-order valence-electron chi connectivity index (χ1n) is 22.5. The third-order valence-corrected chi connectivity index (χ3v) is 16.9. The highest BCUT2D eigenvalue weighted by atomic mass is 16.3. The summed E-state index contributed by atoms with van der Waals surface area (Å²) in [6.07, 6.45) is 18.4. The second-order valence-electron chi connectivity index (χ2n) is 19.8. The summed E-state index contributed by atoms with van der Waals surface area (Å²) in [6, 6.07) is 25.0. The van der Waals surface area contributed by atoms with Crippen LogP contribution in [-0.2, 0) is 19.3 Å². The Morgan fingerprint density at radius 3 is 2.59 bits per heavy atom. The first-order valence-corrected chi connectivity index (χ1v) is 22.5. The summed E-state index contributed by atoms with van der Waals surface area (Å²) < 4.78 is 0. The van der Waals surface area contributed by atoms with Crippen LogP contribution in [0.3, 0.4) is 0 Å². The number of aromatic amines is 2. The third kappa shape index (κ3) is 5.93. The van der Waals surface area contributed by atoms with Gasteiger partial charge in [-0.1, -0.05) is 84.2 Å². The molecule has 0 aliphatic heterocycles. The molecule has 7 aliphatic rings. The van der Waals surface area contributed by atoms with Crippen molar-refractivity contribution >= 4 is 16.9 Å². The van der Waals surface area contributed by atoms with E-state index in [1.54, 1.807) is 0 Å². The minimum absolute atomic E-state index is 0.0107. The Morgan fingerprint density at radius 2 is 1.75 bits per heavy atom. The zero-order chi connectivity index (χ0) is 40.0. The molecule has 0 unspecified atom stereocenters. The van der Waals surface area contributed by atoms with Gasteiger partial charge < -0.3 is 36.3 Å². The molecule has 306 valence electrons. The normalized spacial score (nSPS) is 40.4. The van der Waals surface area contributed by atoms with E-state index in [0.717, 1.165) is 56.9 Å². The van der Waals surface area contributed by atoms with Crippen LogP contribution in [0.2, 0.25) is 0 Å². The number of allylic oxidation sites excluding steroid dienone is 3. The first kappa shape index (κ1) is 37.4. The number of aliphatic imine (C=N–C) groups is 1. The number of benzene rings is 2. The number of hydrogen-bond acceptors (Lipinski definition) is 4. The largest absolute Gasteiger partial charge is 0.390 e. The van der Waals surface area contributed by atoms with Crippen molar-refractivity contribution in [1.29, 1.82) is 0 Å². The zero-order valence-electron chi connectivity index (χ0n) is 34.0. The molecule has 6 bridgehead atoms. The number of rotatable bonds is 8. The molecule has 7 aliphatic carbocycles. The van der Waals surface area contributed by atoms with Crippen LogP contribution >= 0.6 is 0 Å². The van der Waals surface area contributed by atoms with Gasteiger partial charge in [-0.25, -0.2) is 0 Å². The van der Waals surface area contributed by atoms with Gasteiger partial charge >= 0.3 is 0 Å². The fourth-order valence-corrected chi connectivity index (χ4v) is 14.8. The molecule has 2 aromatic heterocycles. The number of nitrogens with two attached hydrogens (primary N) is 1. The maximum atomic E-state index is 13.3. The van der Waals surface area contributed by atoms with Crippen LogP contribution in [0.4, 0.5) is 0 Å². The van der Waals surface area contributed by atoms with E-state index in [9.17, 15) is 15.3 Å². The van der Waals surface area contributed by atoms with Crippen LogP contribution in [0.1, 0.15) is 74.7 Å². The van der Waals surface area contributed by atoms with E-state index in [1.807, 2.05) is 24.4 Å². The monoisotopic (exact) mass is 789 g/mol. The van der Waals surface area contributed by atoms with Crippen molar-refractivity contribution in [2.75, 3.05) is 6.54 Å². The lowest BCUT2D eigenvalue weighted by atomic mass is 9.42. The molecule has 59 heavy (non-hydrogen) atoms. The number of hydrogen-bond donors (Lipinski definition) is 7. The van der Waals surface area contributed by atoms with Gasteiger partial charge in [-0.05, 0) is 140 Å². The number of aliphatic hydroxyl groups excluding tert-OH is 1. The Bertz CT molecular complexity index is 2340. The summed E-state index contributed by atoms with van der Waals surface area (Å²) >= 11 is 0. The molecule has 4 saturated carbocycles. The molecule has 2 aromatic carbocycles. The summed E-state index contributed by atoms with van der Waals surface area (Å²) in [6.45, 7) is 0.533. The van der Waals surface area contributed by atoms with E-state index in [1.165, 1.54) is 34.3 Å². The number of para-hydroxylation sites is 1. The van der Waals surface area contributed by atoms with Crippen LogP contribution in [0.5, 0.6) is 0 Å². The SMILES string of the molecule is NC(=NCCc1ccccc1)N[C@H]1C#C[C@H]2C[C@]3(C=C(Cc4cc5ccccc5[nH]4)[C@]24[C@H]2C=CC[C@@]5(O)[C@H]6C[C@H](O)[C@@](O)(C1)[C@H]6[C@@H]4CC[C@@H]25)CC[C@H](Cc1ccc[nH]1)C3. The summed E-state index contributed by atoms with van der Waals surface area (Å²) in [5.41, 5.74) is 10.0. The van der Waals surface area contributed by atoms with E-state index >= 15 is 0 Å². The number of guanidine groups is 1. The highest BCUT2D eigenvalue weighted by molar-refractivity contribution is 5.80. The third-order valence-electron chi connectivity index (χ3n) is 16.9. The minimum Gasteiger partial charge on any atom is -0.390 e. The van der Waals surface area contributed by atoms with Gasteiger partial charge in [0, 0.05) is 53.8 Å². The maximum Gasteiger partial charge on any atom is 0.189 e. The van der Waals surface area contributed by atoms with E-state index < -0.39 is 28.8 Å². The molecule has 2 heterocycles. The molecular formula is C51H59N5O3. The Hall–Kier alpha value is -4.55. The van der Waals surface area contributed by atoms with Crippen molar-refractivity contribution < 1.29 is 15.3 Å². The average Bonchev–Trinajstić information content (AvgIpc) is 4.01. The quantitative estimate of drug-likeness (QED) is 0.0446. The van der Waals surface area contributed by atoms with Crippen LogP contribution in [0.25, 0.3) is 10.9 Å². The van der Waals surface area contributed by atoms with Crippen molar-refractivity contribution in [3.05, 3.63) is 120 Å².